The quantitative estimate of drug-likeness (QED) is 0.458. The van der Waals surface area contributed by atoms with Gasteiger partial charge in [0.2, 0.25) is 0 Å². The van der Waals surface area contributed by atoms with Crippen LogP contribution in [0.2, 0.25) is 0 Å². The molecular formula is C13H28IN3S. The highest BCUT2D eigenvalue weighted by molar-refractivity contribution is 14.0. The number of hydrogen-bond donors (Lipinski definition) is 1. The highest BCUT2D eigenvalue weighted by Gasteiger charge is 2.19. The summed E-state index contributed by atoms with van der Waals surface area (Å²) in [7, 11) is 0. The van der Waals surface area contributed by atoms with Crippen LogP contribution in [0.15, 0.2) is 4.99 Å². The summed E-state index contributed by atoms with van der Waals surface area (Å²) in [5.74, 6) is 1.91. The van der Waals surface area contributed by atoms with E-state index in [4.69, 9.17) is 4.99 Å². The second kappa shape index (κ2) is 10.2. The van der Waals surface area contributed by atoms with Gasteiger partial charge < -0.3 is 10.2 Å². The van der Waals surface area contributed by atoms with Crippen molar-refractivity contribution in [2.75, 3.05) is 32.4 Å². The Kier molecular flexibility index (Phi) is 10.4. The predicted octanol–water partition coefficient (Wildman–Crippen LogP) is 3.05. The Morgan fingerprint density at radius 1 is 1.56 bits per heavy atom. The van der Waals surface area contributed by atoms with E-state index < -0.39 is 0 Å². The molecule has 0 bridgehead atoms. The summed E-state index contributed by atoms with van der Waals surface area (Å²) < 4.78 is 0. The fourth-order valence-corrected chi connectivity index (χ4v) is 2.32. The van der Waals surface area contributed by atoms with Crippen molar-refractivity contribution in [3.8, 4) is 0 Å². The minimum atomic E-state index is 0. The highest BCUT2D eigenvalue weighted by atomic mass is 127. The molecule has 2 unspecified atom stereocenters. The maximum atomic E-state index is 4.75. The summed E-state index contributed by atoms with van der Waals surface area (Å²) in [4.78, 5) is 7.17. The molecular weight excluding hydrogens is 357 g/mol. The van der Waals surface area contributed by atoms with E-state index in [1.54, 1.807) is 0 Å². The third-order valence-corrected chi connectivity index (χ3v) is 4.15. The minimum absolute atomic E-state index is 0. The topological polar surface area (TPSA) is 27.6 Å². The predicted molar refractivity (Wildman–Crippen MR) is 94.3 cm³/mol. The first-order valence-corrected chi connectivity index (χ1v) is 8.02. The maximum absolute atomic E-state index is 4.75. The van der Waals surface area contributed by atoms with Gasteiger partial charge in [-0.1, -0.05) is 13.8 Å². The molecule has 1 aliphatic heterocycles. The van der Waals surface area contributed by atoms with Gasteiger partial charge in [-0.05, 0) is 31.9 Å². The van der Waals surface area contributed by atoms with E-state index in [0.29, 0.717) is 5.25 Å². The van der Waals surface area contributed by atoms with Crippen LogP contribution in [-0.2, 0) is 0 Å². The summed E-state index contributed by atoms with van der Waals surface area (Å²) >= 11 is 1.88. The Morgan fingerprint density at radius 3 is 2.83 bits per heavy atom. The average Bonchev–Trinajstić information content (AvgIpc) is 2.34. The highest BCUT2D eigenvalue weighted by Crippen LogP contribution is 2.15. The smallest absolute Gasteiger partial charge is 0.193 e. The van der Waals surface area contributed by atoms with Crippen molar-refractivity contribution in [2.24, 2.45) is 10.9 Å². The molecule has 1 aliphatic rings. The molecule has 0 saturated carbocycles. The summed E-state index contributed by atoms with van der Waals surface area (Å²) in [6.45, 7) is 10.9. The zero-order valence-corrected chi connectivity index (χ0v) is 15.3. The van der Waals surface area contributed by atoms with Gasteiger partial charge in [0.1, 0.15) is 0 Å². The van der Waals surface area contributed by atoms with Crippen molar-refractivity contribution in [1.29, 1.82) is 0 Å². The number of guanidine groups is 1. The number of aliphatic imine (C=N–C) groups is 1. The molecule has 1 rings (SSSR count). The first-order chi connectivity index (χ1) is 8.17. The van der Waals surface area contributed by atoms with Gasteiger partial charge in [0, 0.05) is 24.9 Å². The Hall–Kier alpha value is 0.350. The largest absolute Gasteiger partial charge is 0.357 e. The molecule has 0 aromatic heterocycles. The summed E-state index contributed by atoms with van der Waals surface area (Å²) in [5, 5.41) is 4.02. The molecule has 2 atom stereocenters. The third-order valence-electron chi connectivity index (χ3n) is 3.19. The Bertz CT molecular complexity index is 248. The first-order valence-electron chi connectivity index (χ1n) is 6.73. The van der Waals surface area contributed by atoms with Gasteiger partial charge in [-0.15, -0.1) is 24.0 Å². The lowest BCUT2D eigenvalue weighted by molar-refractivity contribution is 0.266. The van der Waals surface area contributed by atoms with Crippen LogP contribution in [-0.4, -0.2) is 48.5 Å². The fourth-order valence-electron chi connectivity index (χ4n) is 2.10. The Balaban J connectivity index is 0.00000289. The van der Waals surface area contributed by atoms with Crippen LogP contribution in [0, 0.1) is 5.92 Å². The van der Waals surface area contributed by atoms with Crippen LogP contribution < -0.4 is 5.32 Å². The fraction of sp³-hybridized carbons (Fsp3) is 0.923. The number of piperidine rings is 1. The van der Waals surface area contributed by atoms with Gasteiger partial charge in [0.15, 0.2) is 5.96 Å². The molecule has 3 nitrogen and oxygen atoms in total. The number of nitrogens with zero attached hydrogens (tertiary/aromatic N) is 2. The lowest BCUT2D eigenvalue weighted by atomic mass is 10.0. The molecule has 0 aliphatic carbocycles. The number of rotatable bonds is 4. The molecule has 0 spiro atoms. The van der Waals surface area contributed by atoms with Crippen LogP contribution in [0.1, 0.15) is 33.6 Å². The molecule has 108 valence electrons. The second-order valence-electron chi connectivity index (χ2n) is 4.93. The zero-order valence-electron chi connectivity index (χ0n) is 12.1. The number of thioether (sulfide) groups is 1. The average molecular weight is 385 g/mol. The van der Waals surface area contributed by atoms with E-state index in [1.807, 2.05) is 11.8 Å². The van der Waals surface area contributed by atoms with Crippen LogP contribution in [0.25, 0.3) is 0 Å². The molecule has 0 radical (unpaired) electrons. The standard InChI is InChI=1S/C13H27N3S.HI/c1-5-14-13(15-9-12(3)17-4)16-8-6-7-11(2)10-16;/h11-12H,5-10H2,1-4H3,(H,14,15);1H. The van der Waals surface area contributed by atoms with Crippen molar-refractivity contribution in [1.82, 2.24) is 10.2 Å². The normalized spacial score (nSPS) is 22.3. The molecule has 1 heterocycles. The van der Waals surface area contributed by atoms with Gasteiger partial charge in [0.25, 0.3) is 0 Å². The molecule has 0 aromatic rings. The van der Waals surface area contributed by atoms with E-state index in [1.165, 1.54) is 12.8 Å². The van der Waals surface area contributed by atoms with E-state index in [0.717, 1.165) is 38.1 Å². The summed E-state index contributed by atoms with van der Waals surface area (Å²) in [6.07, 6.45) is 4.80. The van der Waals surface area contributed by atoms with Crippen molar-refractivity contribution in [3.05, 3.63) is 0 Å². The van der Waals surface area contributed by atoms with Crippen molar-refractivity contribution >= 4 is 41.7 Å². The number of hydrogen-bond acceptors (Lipinski definition) is 2. The molecule has 1 N–H and O–H groups in total. The summed E-state index contributed by atoms with van der Waals surface area (Å²) in [6, 6.07) is 0. The van der Waals surface area contributed by atoms with Gasteiger partial charge in [-0.3, -0.25) is 4.99 Å². The first kappa shape index (κ1) is 18.4. The monoisotopic (exact) mass is 385 g/mol. The minimum Gasteiger partial charge on any atom is -0.357 e. The van der Waals surface area contributed by atoms with E-state index in [2.05, 4.69) is 37.2 Å². The van der Waals surface area contributed by atoms with Gasteiger partial charge in [-0.2, -0.15) is 11.8 Å². The molecule has 0 aromatic carbocycles. The van der Waals surface area contributed by atoms with Crippen molar-refractivity contribution < 1.29 is 0 Å². The molecule has 1 fully saturated rings. The van der Waals surface area contributed by atoms with E-state index in [9.17, 15) is 0 Å². The maximum Gasteiger partial charge on any atom is 0.193 e. The van der Waals surface area contributed by atoms with Crippen molar-refractivity contribution in [2.45, 2.75) is 38.9 Å². The van der Waals surface area contributed by atoms with Crippen molar-refractivity contribution in [3.63, 3.8) is 0 Å². The van der Waals surface area contributed by atoms with Gasteiger partial charge in [0.05, 0.1) is 6.54 Å². The van der Waals surface area contributed by atoms with E-state index >= 15 is 0 Å². The Morgan fingerprint density at radius 2 is 2.28 bits per heavy atom. The number of nitrogens with one attached hydrogen (secondary N) is 1. The third kappa shape index (κ3) is 6.50. The molecule has 1 saturated heterocycles. The Labute approximate surface area is 134 Å². The van der Waals surface area contributed by atoms with Crippen LogP contribution in [0.5, 0.6) is 0 Å². The number of halogens is 1. The van der Waals surface area contributed by atoms with Crippen LogP contribution in [0.4, 0.5) is 0 Å². The molecule has 18 heavy (non-hydrogen) atoms. The zero-order chi connectivity index (χ0) is 12.7. The van der Waals surface area contributed by atoms with Gasteiger partial charge >= 0.3 is 0 Å². The lowest BCUT2D eigenvalue weighted by Crippen LogP contribution is -2.46. The van der Waals surface area contributed by atoms with Gasteiger partial charge in [-0.25, -0.2) is 0 Å². The number of likely N-dealkylation sites (tertiary alicyclic amines) is 1. The van der Waals surface area contributed by atoms with E-state index in [-0.39, 0.29) is 24.0 Å². The summed E-state index contributed by atoms with van der Waals surface area (Å²) in [5.41, 5.74) is 0. The molecule has 5 heteroatoms. The lowest BCUT2D eigenvalue weighted by Gasteiger charge is -2.33. The van der Waals surface area contributed by atoms with Crippen LogP contribution in [0.3, 0.4) is 0 Å². The SMILES string of the molecule is CCNC(=NCC(C)SC)N1CCCC(C)C1.I. The second-order valence-corrected chi connectivity index (χ2v) is 6.21. The molecule has 0 amide bonds. The van der Waals surface area contributed by atoms with Crippen LogP contribution >= 0.6 is 35.7 Å².